The SMILES string of the molecule is COc1ccc(S(=O)(=O)NCCc2ccc(F)c(Cl)c2)cc1. The van der Waals surface area contributed by atoms with E-state index in [-0.39, 0.29) is 16.5 Å². The maximum Gasteiger partial charge on any atom is 0.240 e. The van der Waals surface area contributed by atoms with Gasteiger partial charge in [0.05, 0.1) is 17.0 Å². The molecule has 0 aliphatic rings. The Labute approximate surface area is 133 Å². The summed E-state index contributed by atoms with van der Waals surface area (Å²) in [6, 6.07) is 10.4. The number of nitrogens with one attached hydrogen (secondary N) is 1. The standard InChI is InChI=1S/C15H15ClFNO3S/c1-21-12-3-5-13(6-4-12)22(19,20)18-9-8-11-2-7-15(17)14(16)10-11/h2-7,10,18H,8-9H2,1H3. The first-order chi connectivity index (χ1) is 10.4. The third kappa shape index (κ3) is 4.19. The van der Waals surface area contributed by atoms with Gasteiger partial charge in [0, 0.05) is 6.54 Å². The molecule has 0 aromatic heterocycles. The maximum atomic E-state index is 13.0. The summed E-state index contributed by atoms with van der Waals surface area (Å²) in [5, 5.41) is 0.0236. The number of hydrogen-bond donors (Lipinski definition) is 1. The van der Waals surface area contributed by atoms with Crippen molar-refractivity contribution in [3.05, 3.63) is 58.9 Å². The molecule has 0 saturated carbocycles. The van der Waals surface area contributed by atoms with Crippen molar-refractivity contribution in [2.45, 2.75) is 11.3 Å². The van der Waals surface area contributed by atoms with Gasteiger partial charge in [-0.05, 0) is 48.4 Å². The first kappa shape index (κ1) is 16.7. The summed E-state index contributed by atoms with van der Waals surface area (Å²) >= 11 is 5.68. The lowest BCUT2D eigenvalue weighted by molar-refractivity contribution is 0.414. The van der Waals surface area contributed by atoms with Gasteiger partial charge in [0.15, 0.2) is 0 Å². The van der Waals surface area contributed by atoms with Gasteiger partial charge in [-0.25, -0.2) is 17.5 Å². The summed E-state index contributed by atoms with van der Waals surface area (Å²) in [4.78, 5) is 0.158. The molecular formula is C15H15ClFNO3S. The Balaban J connectivity index is 1.98. The van der Waals surface area contributed by atoms with E-state index < -0.39 is 15.8 Å². The Kier molecular flexibility index (Phi) is 5.39. The second-order valence-corrected chi connectivity index (χ2v) is 6.75. The summed E-state index contributed by atoms with van der Waals surface area (Å²) in [7, 11) is -2.08. The highest BCUT2D eigenvalue weighted by molar-refractivity contribution is 7.89. The van der Waals surface area contributed by atoms with Crippen molar-refractivity contribution in [1.82, 2.24) is 4.72 Å². The Hall–Kier alpha value is -1.63. The van der Waals surface area contributed by atoms with Crippen LogP contribution in [0.2, 0.25) is 5.02 Å². The van der Waals surface area contributed by atoms with Crippen LogP contribution < -0.4 is 9.46 Å². The van der Waals surface area contributed by atoms with Crippen molar-refractivity contribution in [3.8, 4) is 5.75 Å². The van der Waals surface area contributed by atoms with Crippen LogP contribution in [-0.4, -0.2) is 22.1 Å². The second kappa shape index (κ2) is 7.09. The lowest BCUT2D eigenvalue weighted by atomic mass is 10.1. The van der Waals surface area contributed by atoms with Crippen molar-refractivity contribution >= 4 is 21.6 Å². The normalized spacial score (nSPS) is 11.4. The molecule has 0 amide bonds. The Morgan fingerprint density at radius 3 is 2.45 bits per heavy atom. The monoisotopic (exact) mass is 343 g/mol. The van der Waals surface area contributed by atoms with Gasteiger partial charge in [0.25, 0.3) is 0 Å². The van der Waals surface area contributed by atoms with E-state index >= 15 is 0 Å². The average molecular weight is 344 g/mol. The zero-order chi connectivity index (χ0) is 16.2. The maximum absolute atomic E-state index is 13.0. The molecule has 0 saturated heterocycles. The molecule has 4 nitrogen and oxygen atoms in total. The fourth-order valence-electron chi connectivity index (χ4n) is 1.86. The van der Waals surface area contributed by atoms with E-state index in [4.69, 9.17) is 16.3 Å². The quantitative estimate of drug-likeness (QED) is 0.877. The van der Waals surface area contributed by atoms with Crippen LogP contribution in [0.1, 0.15) is 5.56 Å². The lowest BCUT2D eigenvalue weighted by Crippen LogP contribution is -2.26. The van der Waals surface area contributed by atoms with E-state index in [1.54, 1.807) is 18.2 Å². The van der Waals surface area contributed by atoms with Crippen molar-refractivity contribution in [1.29, 1.82) is 0 Å². The van der Waals surface area contributed by atoms with Crippen molar-refractivity contribution in [2.24, 2.45) is 0 Å². The van der Waals surface area contributed by atoms with Crippen molar-refractivity contribution in [2.75, 3.05) is 13.7 Å². The van der Waals surface area contributed by atoms with Crippen LogP contribution in [0, 0.1) is 5.82 Å². The highest BCUT2D eigenvalue weighted by Crippen LogP contribution is 2.17. The predicted molar refractivity (Wildman–Crippen MR) is 83.3 cm³/mol. The number of sulfonamides is 1. The number of rotatable bonds is 6. The molecular weight excluding hydrogens is 329 g/mol. The number of methoxy groups -OCH3 is 1. The van der Waals surface area contributed by atoms with Crippen LogP contribution in [0.25, 0.3) is 0 Å². The molecule has 0 spiro atoms. The van der Waals surface area contributed by atoms with E-state index in [1.807, 2.05) is 0 Å². The number of ether oxygens (including phenoxy) is 1. The fourth-order valence-corrected chi connectivity index (χ4v) is 3.10. The zero-order valence-corrected chi connectivity index (χ0v) is 13.4. The first-order valence-electron chi connectivity index (χ1n) is 6.50. The van der Waals surface area contributed by atoms with Gasteiger partial charge >= 0.3 is 0 Å². The topological polar surface area (TPSA) is 55.4 Å². The summed E-state index contributed by atoms with van der Waals surface area (Å²) in [6.07, 6.45) is 0.412. The molecule has 0 fully saturated rings. The molecule has 0 radical (unpaired) electrons. The molecule has 0 unspecified atom stereocenters. The molecule has 0 heterocycles. The van der Waals surface area contributed by atoms with E-state index in [2.05, 4.69) is 4.72 Å². The summed E-state index contributed by atoms with van der Waals surface area (Å²) < 4.78 is 44.7. The largest absolute Gasteiger partial charge is 0.497 e. The first-order valence-corrected chi connectivity index (χ1v) is 8.36. The van der Waals surface area contributed by atoms with Gasteiger partial charge < -0.3 is 4.74 Å². The minimum atomic E-state index is -3.59. The minimum Gasteiger partial charge on any atom is -0.497 e. The van der Waals surface area contributed by atoms with Gasteiger partial charge in [-0.15, -0.1) is 0 Å². The molecule has 1 N–H and O–H groups in total. The van der Waals surface area contributed by atoms with E-state index in [9.17, 15) is 12.8 Å². The van der Waals surface area contributed by atoms with E-state index in [0.717, 1.165) is 5.56 Å². The van der Waals surface area contributed by atoms with Crippen LogP contribution in [0.15, 0.2) is 47.4 Å². The van der Waals surface area contributed by atoms with Gasteiger partial charge in [-0.3, -0.25) is 0 Å². The fraction of sp³-hybridized carbons (Fsp3) is 0.200. The van der Waals surface area contributed by atoms with Crippen molar-refractivity contribution < 1.29 is 17.5 Å². The smallest absolute Gasteiger partial charge is 0.240 e. The predicted octanol–water partition coefficient (Wildman–Crippen LogP) is 3.01. The number of benzene rings is 2. The molecule has 2 aromatic rings. The third-order valence-corrected chi connectivity index (χ3v) is 4.83. The van der Waals surface area contributed by atoms with Gasteiger partial charge in [0.2, 0.25) is 10.0 Å². The molecule has 2 rings (SSSR count). The Morgan fingerprint density at radius 1 is 1.18 bits per heavy atom. The van der Waals surface area contributed by atoms with Crippen LogP contribution in [-0.2, 0) is 16.4 Å². The second-order valence-electron chi connectivity index (χ2n) is 4.57. The zero-order valence-electron chi connectivity index (χ0n) is 11.8. The van der Waals surface area contributed by atoms with Crippen LogP contribution in [0.5, 0.6) is 5.75 Å². The van der Waals surface area contributed by atoms with Crippen LogP contribution in [0.4, 0.5) is 4.39 Å². The molecule has 2 aromatic carbocycles. The van der Waals surface area contributed by atoms with E-state index in [1.165, 1.54) is 31.4 Å². The van der Waals surface area contributed by atoms with Crippen LogP contribution in [0.3, 0.4) is 0 Å². The number of halogens is 2. The molecule has 22 heavy (non-hydrogen) atoms. The molecule has 7 heteroatoms. The van der Waals surface area contributed by atoms with Crippen LogP contribution >= 0.6 is 11.6 Å². The Bertz CT molecular complexity index is 748. The van der Waals surface area contributed by atoms with E-state index in [0.29, 0.717) is 12.2 Å². The molecule has 0 bridgehead atoms. The molecule has 0 aliphatic carbocycles. The average Bonchev–Trinajstić information content (AvgIpc) is 2.51. The van der Waals surface area contributed by atoms with Gasteiger partial charge in [-0.2, -0.15) is 0 Å². The molecule has 118 valence electrons. The summed E-state index contributed by atoms with van der Waals surface area (Å²) in [6.45, 7) is 0.191. The highest BCUT2D eigenvalue weighted by atomic mass is 35.5. The third-order valence-electron chi connectivity index (χ3n) is 3.06. The summed E-state index contributed by atoms with van der Waals surface area (Å²) in [5.74, 6) is 0.0872. The summed E-state index contributed by atoms with van der Waals surface area (Å²) in [5.41, 5.74) is 0.754. The molecule has 0 atom stereocenters. The molecule has 0 aliphatic heterocycles. The minimum absolute atomic E-state index is 0.0236. The van der Waals surface area contributed by atoms with Gasteiger partial charge in [0.1, 0.15) is 11.6 Å². The highest BCUT2D eigenvalue weighted by Gasteiger charge is 2.13. The Morgan fingerprint density at radius 2 is 1.86 bits per heavy atom. The number of hydrogen-bond acceptors (Lipinski definition) is 3. The van der Waals surface area contributed by atoms with Gasteiger partial charge in [-0.1, -0.05) is 17.7 Å². The van der Waals surface area contributed by atoms with Crippen molar-refractivity contribution in [3.63, 3.8) is 0 Å². The lowest BCUT2D eigenvalue weighted by Gasteiger charge is -2.08.